The van der Waals surface area contributed by atoms with E-state index in [1.54, 1.807) is 38.5 Å². The van der Waals surface area contributed by atoms with Gasteiger partial charge in [0.1, 0.15) is 18.2 Å². The summed E-state index contributed by atoms with van der Waals surface area (Å²) in [4.78, 5) is 21.3. The van der Waals surface area contributed by atoms with Gasteiger partial charge >= 0.3 is 0 Å². The highest BCUT2D eigenvalue weighted by molar-refractivity contribution is 5.94. The predicted molar refractivity (Wildman–Crippen MR) is 117 cm³/mol. The van der Waals surface area contributed by atoms with E-state index in [4.69, 9.17) is 9.47 Å². The number of amides is 1. The lowest BCUT2D eigenvalue weighted by Gasteiger charge is -2.25. The standard InChI is InChI=1S/C21H31N7O3/c1-4-22-21(24-12-11-23-20(29)15-5-8-17(31-3)9-6-15)25-16-7-10-19-26-18(14-30-2)27-28(19)13-16/h5-6,8-9,16H,4,7,10-14H2,1-3H3,(H,23,29)(H2,22,24,25). The smallest absolute Gasteiger partial charge is 0.251 e. The molecule has 0 bridgehead atoms. The highest BCUT2D eigenvalue weighted by Crippen LogP contribution is 2.13. The lowest BCUT2D eigenvalue weighted by Crippen LogP contribution is -2.47. The molecule has 2 aromatic rings. The van der Waals surface area contributed by atoms with Crippen molar-refractivity contribution in [3.63, 3.8) is 0 Å². The minimum Gasteiger partial charge on any atom is -0.497 e. The number of nitrogens with one attached hydrogen (secondary N) is 3. The number of guanidine groups is 1. The van der Waals surface area contributed by atoms with Crippen molar-refractivity contribution in [1.29, 1.82) is 0 Å². The Balaban J connectivity index is 1.48. The van der Waals surface area contributed by atoms with Gasteiger partial charge in [0.25, 0.3) is 5.91 Å². The van der Waals surface area contributed by atoms with Gasteiger partial charge in [-0.3, -0.25) is 9.79 Å². The highest BCUT2D eigenvalue weighted by atomic mass is 16.5. The highest BCUT2D eigenvalue weighted by Gasteiger charge is 2.22. The molecule has 10 heteroatoms. The maximum Gasteiger partial charge on any atom is 0.251 e. The summed E-state index contributed by atoms with van der Waals surface area (Å²) in [6, 6.07) is 7.22. The number of hydrogen-bond acceptors (Lipinski definition) is 6. The molecule has 10 nitrogen and oxygen atoms in total. The number of ether oxygens (including phenoxy) is 2. The molecule has 2 heterocycles. The molecule has 1 aromatic carbocycles. The van der Waals surface area contributed by atoms with Gasteiger partial charge in [0.15, 0.2) is 11.8 Å². The number of nitrogens with zero attached hydrogens (tertiary/aromatic N) is 4. The fraction of sp³-hybridized carbons (Fsp3) is 0.524. The van der Waals surface area contributed by atoms with Crippen molar-refractivity contribution in [1.82, 2.24) is 30.7 Å². The molecular formula is C21H31N7O3. The van der Waals surface area contributed by atoms with Crippen LogP contribution in [0.25, 0.3) is 0 Å². The summed E-state index contributed by atoms with van der Waals surface area (Å²) < 4.78 is 12.2. The quantitative estimate of drug-likeness (QED) is 0.306. The number of fused-ring (bicyclic) bond motifs is 1. The van der Waals surface area contributed by atoms with Gasteiger partial charge in [-0.05, 0) is 37.6 Å². The van der Waals surface area contributed by atoms with E-state index in [0.717, 1.165) is 43.5 Å². The molecule has 1 amide bonds. The van der Waals surface area contributed by atoms with Crippen LogP contribution in [-0.4, -0.2) is 66.5 Å². The van der Waals surface area contributed by atoms with E-state index in [1.165, 1.54) is 0 Å². The van der Waals surface area contributed by atoms with Gasteiger partial charge in [0.05, 0.1) is 20.2 Å². The van der Waals surface area contributed by atoms with E-state index >= 15 is 0 Å². The molecule has 31 heavy (non-hydrogen) atoms. The lowest BCUT2D eigenvalue weighted by atomic mass is 10.1. The fourth-order valence-corrected chi connectivity index (χ4v) is 3.36. The Labute approximate surface area is 182 Å². The zero-order valence-electron chi connectivity index (χ0n) is 18.4. The van der Waals surface area contributed by atoms with Crippen molar-refractivity contribution < 1.29 is 14.3 Å². The second kappa shape index (κ2) is 11.3. The second-order valence-corrected chi connectivity index (χ2v) is 7.18. The van der Waals surface area contributed by atoms with E-state index in [1.807, 2.05) is 11.6 Å². The maximum atomic E-state index is 12.2. The average Bonchev–Trinajstić information content (AvgIpc) is 3.18. The van der Waals surface area contributed by atoms with E-state index in [-0.39, 0.29) is 11.9 Å². The van der Waals surface area contributed by atoms with Gasteiger partial charge < -0.3 is 25.4 Å². The monoisotopic (exact) mass is 429 g/mol. The minimum absolute atomic E-state index is 0.131. The summed E-state index contributed by atoms with van der Waals surface area (Å²) >= 11 is 0. The third kappa shape index (κ3) is 6.42. The van der Waals surface area contributed by atoms with Crippen molar-refractivity contribution >= 4 is 11.9 Å². The first-order chi connectivity index (χ1) is 15.1. The molecule has 0 fully saturated rings. The molecule has 3 N–H and O–H groups in total. The van der Waals surface area contributed by atoms with Gasteiger partial charge in [-0.1, -0.05) is 0 Å². The van der Waals surface area contributed by atoms with Gasteiger partial charge in [0.2, 0.25) is 0 Å². The first-order valence-corrected chi connectivity index (χ1v) is 10.5. The number of carbonyl (C=O) groups is 1. The van der Waals surface area contributed by atoms with Crippen molar-refractivity contribution in [2.75, 3.05) is 33.9 Å². The van der Waals surface area contributed by atoms with Crippen LogP contribution in [0.2, 0.25) is 0 Å². The maximum absolute atomic E-state index is 12.2. The van der Waals surface area contributed by atoms with Crippen LogP contribution in [0.15, 0.2) is 29.3 Å². The molecular weight excluding hydrogens is 398 g/mol. The van der Waals surface area contributed by atoms with Crippen LogP contribution in [0.3, 0.4) is 0 Å². The number of hydrogen-bond donors (Lipinski definition) is 3. The lowest BCUT2D eigenvalue weighted by molar-refractivity contribution is 0.0954. The SMILES string of the molecule is CCNC(=NCCNC(=O)c1ccc(OC)cc1)NC1CCc2nc(COC)nn2C1. The molecule has 1 aromatic heterocycles. The van der Waals surface area contributed by atoms with Crippen molar-refractivity contribution in [2.45, 2.75) is 39.0 Å². The van der Waals surface area contributed by atoms with Gasteiger partial charge in [-0.25, -0.2) is 9.67 Å². The molecule has 0 aliphatic carbocycles. The third-order valence-electron chi connectivity index (χ3n) is 4.88. The van der Waals surface area contributed by atoms with Crippen LogP contribution < -0.4 is 20.7 Å². The minimum atomic E-state index is -0.131. The summed E-state index contributed by atoms with van der Waals surface area (Å²) in [5.41, 5.74) is 0.591. The van der Waals surface area contributed by atoms with E-state index in [9.17, 15) is 4.79 Å². The Hall–Kier alpha value is -3.14. The normalized spacial score (nSPS) is 15.8. The first kappa shape index (κ1) is 22.5. The molecule has 0 spiro atoms. The largest absolute Gasteiger partial charge is 0.497 e. The van der Waals surface area contributed by atoms with Crippen LogP contribution in [0.5, 0.6) is 5.75 Å². The molecule has 0 saturated carbocycles. The zero-order valence-corrected chi connectivity index (χ0v) is 18.4. The fourth-order valence-electron chi connectivity index (χ4n) is 3.36. The van der Waals surface area contributed by atoms with Gasteiger partial charge in [-0.2, -0.15) is 5.10 Å². The molecule has 1 unspecified atom stereocenters. The van der Waals surface area contributed by atoms with Crippen LogP contribution in [0.4, 0.5) is 0 Å². The van der Waals surface area contributed by atoms with Gasteiger partial charge in [-0.15, -0.1) is 0 Å². The van der Waals surface area contributed by atoms with Crippen LogP contribution >= 0.6 is 0 Å². The second-order valence-electron chi connectivity index (χ2n) is 7.18. The van der Waals surface area contributed by atoms with E-state index < -0.39 is 0 Å². The third-order valence-corrected chi connectivity index (χ3v) is 4.88. The molecule has 0 saturated heterocycles. The summed E-state index contributed by atoms with van der Waals surface area (Å²) in [6.45, 7) is 4.84. The van der Waals surface area contributed by atoms with Crippen LogP contribution in [0, 0.1) is 0 Å². The number of aliphatic imine (C=N–C) groups is 1. The van der Waals surface area contributed by atoms with Crippen molar-refractivity contribution in [3.8, 4) is 5.75 Å². The Morgan fingerprint density at radius 3 is 2.77 bits per heavy atom. The number of rotatable bonds is 9. The molecule has 0 radical (unpaired) electrons. The summed E-state index contributed by atoms with van der Waals surface area (Å²) in [5.74, 6) is 3.03. The Kier molecular flexibility index (Phi) is 8.22. The molecule has 1 atom stereocenters. The zero-order chi connectivity index (χ0) is 22.1. The Morgan fingerprint density at radius 2 is 2.06 bits per heavy atom. The van der Waals surface area contributed by atoms with E-state index in [2.05, 4.69) is 31.0 Å². The molecule has 168 valence electrons. The van der Waals surface area contributed by atoms with Crippen LogP contribution in [0.1, 0.15) is 35.4 Å². The number of aromatic nitrogens is 3. The Bertz CT molecular complexity index is 880. The summed E-state index contributed by atoms with van der Waals surface area (Å²) in [7, 11) is 3.24. The topological polar surface area (TPSA) is 115 Å². The summed E-state index contributed by atoms with van der Waals surface area (Å²) in [6.07, 6.45) is 1.80. The van der Waals surface area contributed by atoms with Gasteiger partial charge in [0, 0.05) is 38.2 Å². The first-order valence-electron chi connectivity index (χ1n) is 10.5. The summed E-state index contributed by atoms with van der Waals surface area (Å²) in [5, 5.41) is 14.1. The Morgan fingerprint density at radius 1 is 1.26 bits per heavy atom. The van der Waals surface area contributed by atoms with Crippen molar-refractivity contribution in [3.05, 3.63) is 41.5 Å². The number of aryl methyl sites for hydroxylation is 1. The average molecular weight is 430 g/mol. The molecule has 1 aliphatic heterocycles. The number of methoxy groups -OCH3 is 2. The van der Waals surface area contributed by atoms with Crippen molar-refractivity contribution in [2.24, 2.45) is 4.99 Å². The van der Waals surface area contributed by atoms with Crippen LogP contribution in [-0.2, 0) is 24.3 Å². The molecule has 1 aliphatic rings. The molecule has 3 rings (SSSR count). The predicted octanol–water partition coefficient (Wildman–Crippen LogP) is 0.733. The number of carbonyl (C=O) groups excluding carboxylic acids is 1. The van der Waals surface area contributed by atoms with E-state index in [0.29, 0.717) is 31.1 Å². The number of benzene rings is 1.